The van der Waals surface area contributed by atoms with E-state index in [4.69, 9.17) is 0 Å². The molecule has 0 aliphatic carbocycles. The van der Waals surface area contributed by atoms with E-state index in [1.807, 2.05) is 19.1 Å². The van der Waals surface area contributed by atoms with Crippen molar-refractivity contribution in [2.75, 3.05) is 11.5 Å². The summed E-state index contributed by atoms with van der Waals surface area (Å²) in [6.45, 7) is 2.12. The predicted molar refractivity (Wildman–Crippen MR) is 94.5 cm³/mol. The molecule has 0 N–H and O–H groups in total. The molecule has 3 rings (SSSR count). The van der Waals surface area contributed by atoms with Crippen LogP contribution in [0.1, 0.15) is 27.9 Å². The maximum absolute atomic E-state index is 13.5. The monoisotopic (exact) mass is 361 g/mol. The van der Waals surface area contributed by atoms with E-state index in [0.717, 1.165) is 5.56 Å². The number of carbonyl (C=O) groups excluding carboxylic acids is 1. The second kappa shape index (κ2) is 6.96. The lowest BCUT2D eigenvalue weighted by Gasteiger charge is -2.28. The number of hydrogen-bond donors (Lipinski definition) is 0. The summed E-state index contributed by atoms with van der Waals surface area (Å²) in [5.74, 6) is -0.566. The van der Waals surface area contributed by atoms with Gasteiger partial charge in [-0.3, -0.25) is 4.79 Å². The van der Waals surface area contributed by atoms with Crippen molar-refractivity contribution in [3.05, 3.63) is 71.0 Å². The lowest BCUT2D eigenvalue weighted by Crippen LogP contribution is -2.40. The number of sulfone groups is 1. The van der Waals surface area contributed by atoms with E-state index in [-0.39, 0.29) is 35.8 Å². The Morgan fingerprint density at radius 1 is 1.20 bits per heavy atom. The molecule has 1 atom stereocenters. The van der Waals surface area contributed by atoms with E-state index in [9.17, 15) is 17.6 Å². The van der Waals surface area contributed by atoms with Gasteiger partial charge in [0, 0.05) is 18.2 Å². The minimum absolute atomic E-state index is 0.0417. The van der Waals surface area contributed by atoms with Crippen molar-refractivity contribution >= 4 is 15.7 Å². The summed E-state index contributed by atoms with van der Waals surface area (Å²) in [5, 5.41) is 0. The summed E-state index contributed by atoms with van der Waals surface area (Å²) >= 11 is 0. The summed E-state index contributed by atoms with van der Waals surface area (Å²) in [6.07, 6.45) is 0.412. The van der Waals surface area contributed by atoms with Crippen LogP contribution in [0.15, 0.2) is 48.5 Å². The van der Waals surface area contributed by atoms with E-state index in [0.29, 0.717) is 17.5 Å². The molecule has 4 nitrogen and oxygen atoms in total. The molecule has 1 aliphatic rings. The van der Waals surface area contributed by atoms with E-state index in [1.165, 1.54) is 12.1 Å². The van der Waals surface area contributed by atoms with Gasteiger partial charge in [-0.2, -0.15) is 0 Å². The molecule has 0 spiro atoms. The van der Waals surface area contributed by atoms with Crippen LogP contribution in [-0.4, -0.2) is 36.8 Å². The molecule has 0 saturated carbocycles. The first-order valence-corrected chi connectivity index (χ1v) is 9.99. The zero-order valence-electron chi connectivity index (χ0n) is 14.0. The van der Waals surface area contributed by atoms with Gasteiger partial charge in [-0.15, -0.1) is 0 Å². The number of hydrogen-bond acceptors (Lipinski definition) is 3. The van der Waals surface area contributed by atoms with Crippen LogP contribution in [0.2, 0.25) is 0 Å². The number of halogens is 1. The normalized spacial score (nSPS) is 18.9. The molecular weight excluding hydrogens is 341 g/mol. The first kappa shape index (κ1) is 17.6. The molecule has 2 aromatic carbocycles. The molecule has 0 bridgehead atoms. The molecule has 132 valence electrons. The Bertz CT molecular complexity index is 878. The van der Waals surface area contributed by atoms with E-state index < -0.39 is 9.84 Å². The summed E-state index contributed by atoms with van der Waals surface area (Å²) in [6, 6.07) is 12.8. The van der Waals surface area contributed by atoms with Crippen LogP contribution in [-0.2, 0) is 16.4 Å². The molecule has 1 aliphatic heterocycles. The van der Waals surface area contributed by atoms with Crippen LogP contribution >= 0.6 is 0 Å². The lowest BCUT2D eigenvalue weighted by molar-refractivity contribution is 0.0680. The minimum atomic E-state index is -3.13. The maximum Gasteiger partial charge on any atom is 0.254 e. The summed E-state index contributed by atoms with van der Waals surface area (Å²) in [4.78, 5) is 14.5. The maximum atomic E-state index is 13.5. The fourth-order valence-electron chi connectivity index (χ4n) is 3.08. The highest BCUT2D eigenvalue weighted by molar-refractivity contribution is 7.91. The number of rotatable bonds is 4. The van der Waals surface area contributed by atoms with E-state index in [1.54, 1.807) is 29.2 Å². The number of amides is 1. The highest BCUT2D eigenvalue weighted by Crippen LogP contribution is 2.23. The van der Waals surface area contributed by atoms with Gasteiger partial charge in [0.2, 0.25) is 0 Å². The van der Waals surface area contributed by atoms with Gasteiger partial charge >= 0.3 is 0 Å². The molecule has 6 heteroatoms. The third-order valence-corrected chi connectivity index (χ3v) is 6.20. The average molecular weight is 361 g/mol. The molecule has 1 heterocycles. The zero-order valence-corrected chi connectivity index (χ0v) is 14.8. The molecule has 1 amide bonds. The minimum Gasteiger partial charge on any atom is -0.330 e. The largest absolute Gasteiger partial charge is 0.330 e. The first-order chi connectivity index (χ1) is 11.8. The van der Waals surface area contributed by atoms with Gasteiger partial charge in [-0.25, -0.2) is 12.8 Å². The fraction of sp³-hybridized carbons (Fsp3) is 0.316. The Morgan fingerprint density at radius 3 is 2.52 bits per heavy atom. The van der Waals surface area contributed by atoms with Gasteiger partial charge < -0.3 is 4.90 Å². The van der Waals surface area contributed by atoms with Crippen molar-refractivity contribution in [1.82, 2.24) is 4.90 Å². The molecule has 1 fully saturated rings. The summed E-state index contributed by atoms with van der Waals surface area (Å²) in [7, 11) is -3.13. The zero-order chi connectivity index (χ0) is 18.0. The van der Waals surface area contributed by atoms with Gasteiger partial charge in [-0.1, -0.05) is 29.8 Å². The Kier molecular flexibility index (Phi) is 4.90. The van der Waals surface area contributed by atoms with Gasteiger partial charge in [0.15, 0.2) is 9.84 Å². The predicted octanol–water partition coefficient (Wildman–Crippen LogP) is 2.96. The van der Waals surface area contributed by atoms with E-state index >= 15 is 0 Å². The number of nitrogens with zero attached hydrogens (tertiary/aromatic N) is 1. The summed E-state index contributed by atoms with van der Waals surface area (Å²) < 4.78 is 37.2. The van der Waals surface area contributed by atoms with Crippen LogP contribution in [0.5, 0.6) is 0 Å². The Labute approximate surface area is 147 Å². The quantitative estimate of drug-likeness (QED) is 0.841. The standard InChI is InChI=1S/C19H20FNO3S/c1-14-5-7-16(8-6-14)19(22)21(18-9-10-25(23,24)13-18)12-15-3-2-4-17(20)11-15/h2-8,11,18H,9-10,12-13H2,1H3/t18-/m0/s1. The van der Waals surface area contributed by atoms with E-state index in [2.05, 4.69) is 0 Å². The fourth-order valence-corrected chi connectivity index (χ4v) is 4.81. The van der Waals surface area contributed by atoms with Crippen LogP contribution in [0, 0.1) is 12.7 Å². The highest BCUT2D eigenvalue weighted by Gasteiger charge is 2.35. The van der Waals surface area contributed by atoms with Crippen LogP contribution in [0.4, 0.5) is 4.39 Å². The Hall–Kier alpha value is -2.21. The van der Waals surface area contributed by atoms with Crippen molar-refractivity contribution in [3.8, 4) is 0 Å². The first-order valence-electron chi connectivity index (χ1n) is 8.16. The smallest absolute Gasteiger partial charge is 0.254 e. The Morgan fingerprint density at radius 2 is 1.92 bits per heavy atom. The van der Waals surface area contributed by atoms with Crippen LogP contribution in [0.3, 0.4) is 0 Å². The molecule has 1 saturated heterocycles. The molecule has 0 radical (unpaired) electrons. The topological polar surface area (TPSA) is 54.5 Å². The molecule has 25 heavy (non-hydrogen) atoms. The SMILES string of the molecule is Cc1ccc(C(=O)N(Cc2cccc(F)c2)[C@H]2CCS(=O)(=O)C2)cc1. The van der Waals surface area contributed by atoms with Crippen molar-refractivity contribution < 1.29 is 17.6 Å². The van der Waals surface area contributed by atoms with Gasteiger partial charge in [-0.05, 0) is 43.2 Å². The van der Waals surface area contributed by atoms with Crippen molar-refractivity contribution in [2.24, 2.45) is 0 Å². The Balaban J connectivity index is 1.91. The third-order valence-electron chi connectivity index (χ3n) is 4.45. The highest BCUT2D eigenvalue weighted by atomic mass is 32.2. The lowest BCUT2D eigenvalue weighted by atomic mass is 10.1. The van der Waals surface area contributed by atoms with Gasteiger partial charge in [0.25, 0.3) is 5.91 Å². The van der Waals surface area contributed by atoms with Crippen LogP contribution in [0.25, 0.3) is 0 Å². The molecule has 0 unspecified atom stereocenters. The summed E-state index contributed by atoms with van der Waals surface area (Å²) in [5.41, 5.74) is 2.19. The van der Waals surface area contributed by atoms with Crippen LogP contribution < -0.4 is 0 Å². The van der Waals surface area contributed by atoms with Crippen molar-refractivity contribution in [3.63, 3.8) is 0 Å². The van der Waals surface area contributed by atoms with Gasteiger partial charge in [0.05, 0.1) is 11.5 Å². The molecule has 2 aromatic rings. The number of aryl methyl sites for hydroxylation is 1. The van der Waals surface area contributed by atoms with Crippen molar-refractivity contribution in [1.29, 1.82) is 0 Å². The second-order valence-electron chi connectivity index (χ2n) is 6.49. The molecular formula is C19H20FNO3S. The second-order valence-corrected chi connectivity index (χ2v) is 8.71. The molecule has 0 aromatic heterocycles. The third kappa shape index (κ3) is 4.25. The van der Waals surface area contributed by atoms with Gasteiger partial charge in [0.1, 0.15) is 5.82 Å². The number of carbonyl (C=O) groups is 1. The van der Waals surface area contributed by atoms with Crippen molar-refractivity contribution in [2.45, 2.75) is 25.9 Å². The number of benzene rings is 2. The average Bonchev–Trinajstić information content (AvgIpc) is 2.92.